The Hall–Kier alpha value is -1.50. The number of carbonyl (C=O) groups is 2. The molecule has 0 aliphatic heterocycles. The van der Waals surface area contributed by atoms with Gasteiger partial charge < -0.3 is 24.3 Å². The predicted molar refractivity (Wildman–Crippen MR) is 58.8 cm³/mol. The van der Waals surface area contributed by atoms with Crippen molar-refractivity contribution < 1.29 is 28.5 Å². The molecule has 0 aliphatic rings. The average Bonchev–Trinajstić information content (AvgIpc) is 2.27. The van der Waals surface area contributed by atoms with Gasteiger partial charge in [-0.3, -0.25) is 0 Å². The van der Waals surface area contributed by atoms with Crippen molar-refractivity contribution in [2.45, 2.75) is 20.0 Å². The molecule has 0 aromatic rings. The molecule has 0 aromatic heterocycles. The number of hydrogen-bond acceptors (Lipinski definition) is 7. The van der Waals surface area contributed by atoms with E-state index in [0.29, 0.717) is 6.54 Å². The molecule has 0 saturated heterocycles. The highest BCUT2D eigenvalue weighted by molar-refractivity contribution is 5.61. The summed E-state index contributed by atoms with van der Waals surface area (Å²) in [6, 6.07) is 0. The minimum absolute atomic E-state index is 0.0848. The molecule has 0 radical (unpaired) electrons. The minimum Gasteiger partial charge on any atom is -0.435 e. The van der Waals surface area contributed by atoms with Crippen LogP contribution >= 0.6 is 0 Å². The first-order valence-electron chi connectivity index (χ1n) is 5.41. The van der Waals surface area contributed by atoms with Crippen LogP contribution < -0.4 is 5.32 Å². The van der Waals surface area contributed by atoms with E-state index < -0.39 is 18.4 Å². The molecule has 7 nitrogen and oxygen atoms in total. The van der Waals surface area contributed by atoms with Crippen LogP contribution in [0, 0.1) is 0 Å². The Kier molecular flexibility index (Phi) is 8.85. The molecule has 0 fully saturated rings. The van der Waals surface area contributed by atoms with Gasteiger partial charge in [-0.25, -0.2) is 9.59 Å². The normalized spacial score (nSPS) is 11.5. The fourth-order valence-electron chi connectivity index (χ4n) is 0.971. The van der Waals surface area contributed by atoms with Gasteiger partial charge in [0.15, 0.2) is 6.10 Å². The molecule has 0 bridgehead atoms. The Morgan fingerprint density at radius 1 is 1.06 bits per heavy atom. The van der Waals surface area contributed by atoms with Crippen molar-refractivity contribution in [3.63, 3.8) is 0 Å². The van der Waals surface area contributed by atoms with Gasteiger partial charge in [0.1, 0.15) is 6.61 Å². The van der Waals surface area contributed by atoms with E-state index in [4.69, 9.17) is 9.47 Å². The molecule has 0 amide bonds. The van der Waals surface area contributed by atoms with Crippen LogP contribution in [0.1, 0.15) is 13.8 Å². The van der Waals surface area contributed by atoms with Crippen LogP contribution in [-0.2, 0) is 18.9 Å². The van der Waals surface area contributed by atoms with Crippen molar-refractivity contribution in [2.24, 2.45) is 0 Å². The fraction of sp³-hybridized carbons (Fsp3) is 0.800. The molecule has 1 N–H and O–H groups in total. The highest BCUT2D eigenvalue weighted by atomic mass is 16.7. The molecular weight excluding hydrogens is 230 g/mol. The van der Waals surface area contributed by atoms with Crippen molar-refractivity contribution in [1.29, 1.82) is 0 Å². The van der Waals surface area contributed by atoms with E-state index in [2.05, 4.69) is 14.8 Å². The van der Waals surface area contributed by atoms with Gasteiger partial charge in [0.25, 0.3) is 0 Å². The largest absolute Gasteiger partial charge is 0.508 e. The molecule has 1 atom stereocenters. The number of likely N-dealkylation sites (N-methyl/N-ethyl adjacent to an activating group) is 1. The summed E-state index contributed by atoms with van der Waals surface area (Å²) in [5.41, 5.74) is 0. The number of nitrogens with one attached hydrogen (secondary N) is 1. The summed E-state index contributed by atoms with van der Waals surface area (Å²) < 4.78 is 18.8. The minimum atomic E-state index is -0.791. The smallest absolute Gasteiger partial charge is 0.435 e. The van der Waals surface area contributed by atoms with Gasteiger partial charge in [-0.2, -0.15) is 0 Å². The quantitative estimate of drug-likeness (QED) is 0.671. The second kappa shape index (κ2) is 9.71. The maximum Gasteiger partial charge on any atom is 0.508 e. The molecular formula is C10H19NO6. The molecule has 0 aliphatic carbocycles. The molecule has 0 heterocycles. The topological polar surface area (TPSA) is 83.1 Å². The summed E-state index contributed by atoms with van der Waals surface area (Å²) in [5.74, 6) is 0. The zero-order chi connectivity index (χ0) is 13.1. The maximum atomic E-state index is 11.1. The first-order valence-corrected chi connectivity index (χ1v) is 5.41. The van der Waals surface area contributed by atoms with Crippen LogP contribution in [-0.4, -0.2) is 51.8 Å². The first kappa shape index (κ1) is 15.5. The van der Waals surface area contributed by atoms with E-state index in [1.54, 1.807) is 20.9 Å². The third-order valence-corrected chi connectivity index (χ3v) is 1.61. The van der Waals surface area contributed by atoms with Gasteiger partial charge in [0, 0.05) is 6.54 Å². The average molecular weight is 249 g/mol. The van der Waals surface area contributed by atoms with Crippen LogP contribution in [0.5, 0.6) is 0 Å². The van der Waals surface area contributed by atoms with Crippen molar-refractivity contribution in [3.8, 4) is 0 Å². The predicted octanol–water partition coefficient (Wildman–Crippen LogP) is 0.921. The van der Waals surface area contributed by atoms with Crippen LogP contribution in [0.15, 0.2) is 0 Å². The summed E-state index contributed by atoms with van der Waals surface area (Å²) in [6.07, 6.45) is -2.19. The number of hydrogen-bond donors (Lipinski definition) is 1. The van der Waals surface area contributed by atoms with E-state index >= 15 is 0 Å². The number of rotatable bonds is 7. The molecule has 100 valence electrons. The highest BCUT2D eigenvalue weighted by Crippen LogP contribution is 1.97. The highest BCUT2D eigenvalue weighted by Gasteiger charge is 2.17. The zero-order valence-corrected chi connectivity index (χ0v) is 10.4. The third kappa shape index (κ3) is 8.32. The molecule has 1 unspecified atom stereocenters. The van der Waals surface area contributed by atoms with Crippen molar-refractivity contribution >= 4 is 12.3 Å². The van der Waals surface area contributed by atoms with Crippen molar-refractivity contribution in [1.82, 2.24) is 5.32 Å². The second-order valence-electron chi connectivity index (χ2n) is 2.97. The van der Waals surface area contributed by atoms with Crippen LogP contribution in [0.4, 0.5) is 9.59 Å². The Bertz CT molecular complexity index is 233. The monoisotopic (exact) mass is 249 g/mol. The first-order chi connectivity index (χ1) is 8.13. The van der Waals surface area contributed by atoms with Crippen molar-refractivity contribution in [2.75, 3.05) is 33.4 Å². The van der Waals surface area contributed by atoms with Crippen LogP contribution in [0.3, 0.4) is 0 Å². The SMILES string of the molecule is CCOC(=O)OCC(CNC)OC(=O)OCC. The Morgan fingerprint density at radius 2 is 1.65 bits per heavy atom. The van der Waals surface area contributed by atoms with E-state index in [0.717, 1.165) is 0 Å². The lowest BCUT2D eigenvalue weighted by Gasteiger charge is -2.16. The lowest BCUT2D eigenvalue weighted by Crippen LogP contribution is -2.34. The molecule has 17 heavy (non-hydrogen) atoms. The Labute approximate surface area is 100 Å². The molecule has 0 saturated carbocycles. The van der Waals surface area contributed by atoms with Gasteiger partial charge in [0.05, 0.1) is 13.2 Å². The van der Waals surface area contributed by atoms with Gasteiger partial charge in [0.2, 0.25) is 0 Å². The number of ether oxygens (including phenoxy) is 4. The lowest BCUT2D eigenvalue weighted by molar-refractivity contribution is -0.0135. The molecule has 7 heteroatoms. The van der Waals surface area contributed by atoms with E-state index in [9.17, 15) is 9.59 Å². The molecule has 0 spiro atoms. The van der Waals surface area contributed by atoms with E-state index in [-0.39, 0.29) is 19.8 Å². The third-order valence-electron chi connectivity index (χ3n) is 1.61. The van der Waals surface area contributed by atoms with Crippen LogP contribution in [0.2, 0.25) is 0 Å². The Morgan fingerprint density at radius 3 is 2.18 bits per heavy atom. The summed E-state index contributed by atoms with van der Waals surface area (Å²) in [6.45, 7) is 4.06. The van der Waals surface area contributed by atoms with Gasteiger partial charge in [-0.1, -0.05) is 0 Å². The summed E-state index contributed by atoms with van der Waals surface area (Å²) >= 11 is 0. The standard InChI is InChI=1S/C10H19NO6/c1-4-14-9(12)16-7-8(6-11-3)17-10(13)15-5-2/h8,11H,4-7H2,1-3H3. The molecule has 0 rings (SSSR count). The number of carbonyl (C=O) groups excluding carboxylic acids is 2. The lowest BCUT2D eigenvalue weighted by atomic mass is 10.4. The zero-order valence-electron chi connectivity index (χ0n) is 10.4. The summed E-state index contributed by atoms with van der Waals surface area (Å²) in [7, 11) is 1.69. The van der Waals surface area contributed by atoms with Crippen molar-refractivity contribution in [3.05, 3.63) is 0 Å². The van der Waals surface area contributed by atoms with E-state index in [1.807, 2.05) is 0 Å². The maximum absolute atomic E-state index is 11.1. The second-order valence-corrected chi connectivity index (χ2v) is 2.97. The van der Waals surface area contributed by atoms with Crippen LogP contribution in [0.25, 0.3) is 0 Å². The van der Waals surface area contributed by atoms with Gasteiger partial charge in [-0.15, -0.1) is 0 Å². The van der Waals surface area contributed by atoms with Gasteiger partial charge >= 0.3 is 12.3 Å². The Balaban J connectivity index is 3.96. The van der Waals surface area contributed by atoms with E-state index in [1.165, 1.54) is 0 Å². The fourth-order valence-corrected chi connectivity index (χ4v) is 0.971. The molecule has 0 aromatic carbocycles. The van der Waals surface area contributed by atoms with Gasteiger partial charge in [-0.05, 0) is 20.9 Å². The summed E-state index contributed by atoms with van der Waals surface area (Å²) in [5, 5.41) is 2.81. The summed E-state index contributed by atoms with van der Waals surface area (Å²) in [4.78, 5) is 22.0.